The normalized spacial score (nSPS) is 11.9. The zero-order valence-corrected chi connectivity index (χ0v) is 15.3. The molecule has 1 aromatic heterocycles. The lowest BCUT2D eigenvalue weighted by Gasteiger charge is -2.14. The summed E-state index contributed by atoms with van der Waals surface area (Å²) in [5, 5.41) is 3.02. The van der Waals surface area contributed by atoms with Crippen molar-refractivity contribution in [1.29, 1.82) is 0 Å². The Balaban J connectivity index is 2.12. The molecule has 0 radical (unpaired) electrons. The van der Waals surface area contributed by atoms with Gasteiger partial charge in [0, 0.05) is 17.0 Å². The van der Waals surface area contributed by atoms with E-state index in [1.54, 1.807) is 31.2 Å². The molecule has 2 rings (SSSR count). The quantitative estimate of drug-likeness (QED) is 0.509. The van der Waals surface area contributed by atoms with Crippen LogP contribution >= 0.6 is 11.8 Å². The van der Waals surface area contributed by atoms with Crippen molar-refractivity contribution in [2.75, 3.05) is 5.32 Å². The molecule has 0 aliphatic heterocycles. The van der Waals surface area contributed by atoms with E-state index in [1.165, 1.54) is 18.7 Å². The standard InChI is InChI=1S/C18H21N3O2S/c1-10-11(2)19-18(20-12(10)3)24-14(5)17(23)21-16-9-7-6-8-15(16)13(4)22/h6-9,14H,1-5H3,(H,21,23)/t14-/m1/s1. The summed E-state index contributed by atoms with van der Waals surface area (Å²) in [7, 11) is 0. The third kappa shape index (κ3) is 4.20. The number of thioether (sulfide) groups is 1. The predicted octanol–water partition coefficient (Wildman–Crippen LogP) is 3.72. The fourth-order valence-corrected chi connectivity index (χ4v) is 3.00. The number of anilines is 1. The Kier molecular flexibility index (Phi) is 5.72. The average molecular weight is 343 g/mol. The summed E-state index contributed by atoms with van der Waals surface area (Å²) in [5.41, 5.74) is 3.92. The molecule has 6 heteroatoms. The van der Waals surface area contributed by atoms with Crippen LogP contribution in [0, 0.1) is 20.8 Å². The molecule has 1 aromatic carbocycles. The first-order valence-electron chi connectivity index (χ1n) is 7.69. The van der Waals surface area contributed by atoms with E-state index in [9.17, 15) is 9.59 Å². The third-order valence-electron chi connectivity index (χ3n) is 3.83. The number of aryl methyl sites for hydroxylation is 2. The molecule has 126 valence electrons. The number of carbonyl (C=O) groups excluding carboxylic acids is 2. The lowest BCUT2D eigenvalue weighted by Crippen LogP contribution is -2.23. The second-order valence-electron chi connectivity index (χ2n) is 5.65. The SMILES string of the molecule is CC(=O)c1ccccc1NC(=O)[C@@H](C)Sc1nc(C)c(C)c(C)n1. The van der Waals surface area contributed by atoms with Crippen molar-refractivity contribution >= 4 is 29.1 Å². The first kappa shape index (κ1) is 18.1. The topological polar surface area (TPSA) is 72.0 Å². The highest BCUT2D eigenvalue weighted by molar-refractivity contribution is 8.00. The lowest BCUT2D eigenvalue weighted by atomic mass is 10.1. The predicted molar refractivity (Wildman–Crippen MR) is 96.6 cm³/mol. The maximum atomic E-state index is 12.4. The molecule has 1 heterocycles. The Labute approximate surface area is 146 Å². The molecule has 0 spiro atoms. The number of rotatable bonds is 5. The van der Waals surface area contributed by atoms with Gasteiger partial charge in [-0.25, -0.2) is 9.97 Å². The van der Waals surface area contributed by atoms with E-state index in [0.717, 1.165) is 17.0 Å². The second kappa shape index (κ2) is 7.57. The Bertz CT molecular complexity index is 767. The van der Waals surface area contributed by atoms with Crippen LogP contribution in [0.3, 0.4) is 0 Å². The van der Waals surface area contributed by atoms with Crippen molar-refractivity contribution in [2.24, 2.45) is 0 Å². The van der Waals surface area contributed by atoms with Crippen LogP contribution in [0.5, 0.6) is 0 Å². The smallest absolute Gasteiger partial charge is 0.237 e. The number of carbonyl (C=O) groups is 2. The van der Waals surface area contributed by atoms with Crippen LogP contribution in [-0.2, 0) is 4.79 Å². The van der Waals surface area contributed by atoms with Gasteiger partial charge in [-0.15, -0.1) is 0 Å². The number of hydrogen-bond acceptors (Lipinski definition) is 5. The number of aromatic nitrogens is 2. The highest BCUT2D eigenvalue weighted by Crippen LogP contribution is 2.24. The minimum absolute atomic E-state index is 0.0840. The zero-order chi connectivity index (χ0) is 17.9. The van der Waals surface area contributed by atoms with Gasteiger partial charge in [0.2, 0.25) is 5.91 Å². The number of para-hydroxylation sites is 1. The fraction of sp³-hybridized carbons (Fsp3) is 0.333. The van der Waals surface area contributed by atoms with E-state index in [-0.39, 0.29) is 16.9 Å². The van der Waals surface area contributed by atoms with E-state index in [1.807, 2.05) is 20.8 Å². The number of nitrogens with one attached hydrogen (secondary N) is 1. The Morgan fingerprint density at radius 1 is 1.08 bits per heavy atom. The van der Waals surface area contributed by atoms with Gasteiger partial charge in [0.25, 0.3) is 0 Å². The molecule has 0 aliphatic rings. The summed E-state index contributed by atoms with van der Waals surface area (Å²) in [6, 6.07) is 6.99. The average Bonchev–Trinajstić information content (AvgIpc) is 2.52. The molecule has 5 nitrogen and oxygen atoms in total. The number of benzene rings is 1. The summed E-state index contributed by atoms with van der Waals surface area (Å²) >= 11 is 1.30. The summed E-state index contributed by atoms with van der Waals surface area (Å²) in [6.07, 6.45) is 0. The summed E-state index contributed by atoms with van der Waals surface area (Å²) in [4.78, 5) is 32.9. The largest absolute Gasteiger partial charge is 0.324 e. The molecule has 1 atom stereocenters. The van der Waals surface area contributed by atoms with E-state index in [4.69, 9.17) is 0 Å². The Morgan fingerprint density at radius 3 is 2.25 bits per heavy atom. The fourth-order valence-electron chi connectivity index (χ4n) is 2.14. The van der Waals surface area contributed by atoms with Crippen molar-refractivity contribution in [3.63, 3.8) is 0 Å². The molecule has 0 saturated carbocycles. The molecule has 0 fully saturated rings. The first-order chi connectivity index (χ1) is 11.3. The molecule has 1 N–H and O–H groups in total. The van der Waals surface area contributed by atoms with Gasteiger partial charge in [0.15, 0.2) is 10.9 Å². The third-order valence-corrected chi connectivity index (χ3v) is 4.79. The van der Waals surface area contributed by atoms with Crippen LogP contribution in [0.4, 0.5) is 5.69 Å². The molecule has 0 aliphatic carbocycles. The van der Waals surface area contributed by atoms with Gasteiger partial charge in [-0.2, -0.15) is 0 Å². The van der Waals surface area contributed by atoms with Crippen molar-refractivity contribution in [3.8, 4) is 0 Å². The van der Waals surface area contributed by atoms with Crippen LogP contribution < -0.4 is 5.32 Å². The summed E-state index contributed by atoms with van der Waals surface area (Å²) in [6.45, 7) is 9.12. The second-order valence-corrected chi connectivity index (χ2v) is 6.96. The highest BCUT2D eigenvalue weighted by Gasteiger charge is 2.19. The van der Waals surface area contributed by atoms with Crippen molar-refractivity contribution in [3.05, 3.63) is 46.8 Å². The van der Waals surface area contributed by atoms with Crippen LogP contribution in [0.15, 0.2) is 29.4 Å². The molecule has 0 saturated heterocycles. The molecule has 0 unspecified atom stereocenters. The van der Waals surface area contributed by atoms with Gasteiger partial charge in [-0.3, -0.25) is 9.59 Å². The number of Topliss-reactive ketones (excluding diaryl/α,β-unsaturated/α-hetero) is 1. The van der Waals surface area contributed by atoms with E-state index < -0.39 is 0 Å². The molecular formula is C18H21N3O2S. The maximum absolute atomic E-state index is 12.4. The molecule has 1 amide bonds. The molecule has 24 heavy (non-hydrogen) atoms. The minimum Gasteiger partial charge on any atom is -0.324 e. The van der Waals surface area contributed by atoms with Crippen molar-refractivity contribution in [2.45, 2.75) is 45.0 Å². The van der Waals surface area contributed by atoms with E-state index in [2.05, 4.69) is 15.3 Å². The van der Waals surface area contributed by atoms with E-state index >= 15 is 0 Å². The van der Waals surface area contributed by atoms with Gasteiger partial charge >= 0.3 is 0 Å². The number of ketones is 1. The molecule has 2 aromatic rings. The Hall–Kier alpha value is -2.21. The summed E-state index contributed by atoms with van der Waals surface area (Å²) < 4.78 is 0. The zero-order valence-electron chi connectivity index (χ0n) is 14.5. The highest BCUT2D eigenvalue weighted by atomic mass is 32.2. The minimum atomic E-state index is -0.383. The monoisotopic (exact) mass is 343 g/mol. The van der Waals surface area contributed by atoms with Crippen LogP contribution in [0.2, 0.25) is 0 Å². The van der Waals surface area contributed by atoms with Crippen LogP contribution in [0.1, 0.15) is 41.2 Å². The first-order valence-corrected chi connectivity index (χ1v) is 8.57. The van der Waals surface area contributed by atoms with Gasteiger partial charge in [-0.1, -0.05) is 23.9 Å². The van der Waals surface area contributed by atoms with Gasteiger partial charge < -0.3 is 5.32 Å². The van der Waals surface area contributed by atoms with Crippen LogP contribution in [0.25, 0.3) is 0 Å². The van der Waals surface area contributed by atoms with Gasteiger partial charge in [0.1, 0.15) is 0 Å². The molecule has 0 bridgehead atoms. The molecular weight excluding hydrogens is 322 g/mol. The summed E-state index contributed by atoms with van der Waals surface area (Å²) in [5.74, 6) is -0.271. The van der Waals surface area contributed by atoms with Crippen molar-refractivity contribution < 1.29 is 9.59 Å². The van der Waals surface area contributed by atoms with Crippen molar-refractivity contribution in [1.82, 2.24) is 9.97 Å². The maximum Gasteiger partial charge on any atom is 0.237 e. The van der Waals surface area contributed by atoms with Gasteiger partial charge in [-0.05, 0) is 52.3 Å². The van der Waals surface area contributed by atoms with E-state index in [0.29, 0.717) is 16.4 Å². The van der Waals surface area contributed by atoms with Gasteiger partial charge in [0.05, 0.1) is 10.9 Å². The number of nitrogens with zero attached hydrogens (tertiary/aromatic N) is 2. The Morgan fingerprint density at radius 2 is 1.67 bits per heavy atom. The number of hydrogen-bond donors (Lipinski definition) is 1. The van der Waals surface area contributed by atoms with Crippen LogP contribution in [-0.4, -0.2) is 26.9 Å². The lowest BCUT2D eigenvalue weighted by molar-refractivity contribution is -0.115. The number of amides is 1.